The Morgan fingerprint density at radius 1 is 1.13 bits per heavy atom. The van der Waals surface area contributed by atoms with Gasteiger partial charge in [-0.15, -0.1) is 0 Å². The van der Waals surface area contributed by atoms with Crippen LogP contribution in [-0.2, 0) is 10.8 Å². The molecule has 0 atom stereocenters. The molecule has 23 heavy (non-hydrogen) atoms. The average molecular weight is 334 g/mol. The molecule has 131 valence electrons. The van der Waals surface area contributed by atoms with Crippen LogP contribution in [-0.4, -0.2) is 15.6 Å². The summed E-state index contributed by atoms with van der Waals surface area (Å²) < 4.78 is 5.38. The van der Waals surface area contributed by atoms with E-state index in [4.69, 9.17) is 4.43 Å². The van der Waals surface area contributed by atoms with E-state index >= 15 is 0 Å². The SMILES string of the molecule is CCCCCCc1c(C)cccc1C(C)C.C[Si]1CCCCO1. The summed E-state index contributed by atoms with van der Waals surface area (Å²) in [5.74, 6) is 0.654. The highest BCUT2D eigenvalue weighted by atomic mass is 28.3. The molecule has 1 aromatic carbocycles. The second kappa shape index (κ2) is 11.9. The van der Waals surface area contributed by atoms with Crippen LogP contribution in [0.5, 0.6) is 0 Å². The molecule has 0 spiro atoms. The van der Waals surface area contributed by atoms with Crippen LogP contribution >= 0.6 is 0 Å². The average Bonchev–Trinajstić information content (AvgIpc) is 2.54. The lowest BCUT2D eigenvalue weighted by molar-refractivity contribution is 0.291. The fourth-order valence-electron chi connectivity index (χ4n) is 3.13. The normalized spacial score (nSPS) is 15.4. The molecule has 2 heteroatoms. The van der Waals surface area contributed by atoms with Crippen molar-refractivity contribution in [2.75, 3.05) is 6.61 Å². The molecular weight excluding hydrogens is 296 g/mol. The number of aryl methyl sites for hydroxylation is 1. The standard InChI is InChI=1S/C16H26.C5H11OSi/c1-5-6-7-8-11-16-14(4)10-9-12-15(16)13(2)3;1-7-5-3-2-4-6-7/h9-10,12-13H,5-8,11H2,1-4H3;2-5H2,1H3. The van der Waals surface area contributed by atoms with E-state index in [-0.39, 0.29) is 9.04 Å². The Hall–Kier alpha value is -0.603. The quantitative estimate of drug-likeness (QED) is 0.418. The zero-order chi connectivity index (χ0) is 17.1. The van der Waals surface area contributed by atoms with Crippen LogP contribution in [0.1, 0.15) is 81.9 Å². The van der Waals surface area contributed by atoms with E-state index in [1.165, 1.54) is 56.6 Å². The van der Waals surface area contributed by atoms with Crippen molar-refractivity contribution in [3.63, 3.8) is 0 Å². The van der Waals surface area contributed by atoms with Gasteiger partial charge in [-0.1, -0.05) is 64.7 Å². The second-order valence-electron chi connectivity index (χ2n) is 7.12. The van der Waals surface area contributed by atoms with Gasteiger partial charge in [-0.3, -0.25) is 0 Å². The monoisotopic (exact) mass is 333 g/mol. The molecule has 2 rings (SSSR count). The van der Waals surface area contributed by atoms with Crippen LogP contribution in [0.2, 0.25) is 12.6 Å². The van der Waals surface area contributed by atoms with E-state index in [0.29, 0.717) is 5.92 Å². The van der Waals surface area contributed by atoms with Crippen molar-refractivity contribution in [2.24, 2.45) is 0 Å². The summed E-state index contributed by atoms with van der Waals surface area (Å²) in [6.45, 7) is 12.4. The molecule has 1 aromatic rings. The Kier molecular flexibility index (Phi) is 10.5. The van der Waals surface area contributed by atoms with Gasteiger partial charge in [0, 0.05) is 6.61 Å². The number of benzene rings is 1. The van der Waals surface area contributed by atoms with Gasteiger partial charge in [-0.05, 0) is 61.4 Å². The Morgan fingerprint density at radius 2 is 1.91 bits per heavy atom. The van der Waals surface area contributed by atoms with E-state index in [1.807, 2.05) is 0 Å². The number of hydrogen-bond acceptors (Lipinski definition) is 1. The maximum atomic E-state index is 5.38. The smallest absolute Gasteiger partial charge is 0.208 e. The molecule has 0 aliphatic carbocycles. The summed E-state index contributed by atoms with van der Waals surface area (Å²) >= 11 is 0. The highest BCUT2D eigenvalue weighted by Gasteiger charge is 2.09. The lowest BCUT2D eigenvalue weighted by Gasteiger charge is -2.15. The van der Waals surface area contributed by atoms with Crippen molar-refractivity contribution in [1.82, 2.24) is 0 Å². The van der Waals surface area contributed by atoms with Crippen molar-refractivity contribution in [3.05, 3.63) is 34.9 Å². The van der Waals surface area contributed by atoms with Gasteiger partial charge in [0.05, 0.1) is 0 Å². The van der Waals surface area contributed by atoms with Gasteiger partial charge in [0.15, 0.2) is 0 Å². The summed E-state index contributed by atoms with van der Waals surface area (Å²) in [5.41, 5.74) is 4.63. The van der Waals surface area contributed by atoms with Crippen molar-refractivity contribution in [2.45, 2.75) is 91.1 Å². The Morgan fingerprint density at radius 3 is 2.43 bits per heavy atom. The highest BCUT2D eigenvalue weighted by molar-refractivity contribution is 6.50. The Balaban J connectivity index is 0.000000313. The molecule has 1 saturated heterocycles. The number of rotatable bonds is 6. The molecule has 1 fully saturated rings. The predicted molar refractivity (Wildman–Crippen MR) is 105 cm³/mol. The fourth-order valence-corrected chi connectivity index (χ4v) is 4.52. The van der Waals surface area contributed by atoms with Gasteiger partial charge in [0.2, 0.25) is 9.04 Å². The topological polar surface area (TPSA) is 9.23 Å². The van der Waals surface area contributed by atoms with Gasteiger partial charge in [0.1, 0.15) is 0 Å². The molecule has 0 unspecified atom stereocenters. The van der Waals surface area contributed by atoms with Gasteiger partial charge in [-0.25, -0.2) is 0 Å². The van der Waals surface area contributed by atoms with E-state index in [1.54, 1.807) is 11.1 Å². The summed E-state index contributed by atoms with van der Waals surface area (Å²) in [6.07, 6.45) is 9.39. The largest absolute Gasteiger partial charge is 0.417 e. The summed E-state index contributed by atoms with van der Waals surface area (Å²) in [4.78, 5) is 0. The summed E-state index contributed by atoms with van der Waals surface area (Å²) in [5, 5.41) is 0. The molecule has 1 heterocycles. The third-order valence-corrected chi connectivity index (χ3v) is 6.38. The maximum Gasteiger partial charge on any atom is 0.208 e. The van der Waals surface area contributed by atoms with E-state index in [9.17, 15) is 0 Å². The molecule has 0 bridgehead atoms. The first-order valence-corrected chi connectivity index (χ1v) is 11.7. The molecule has 1 aliphatic heterocycles. The minimum atomic E-state index is -0.293. The zero-order valence-electron chi connectivity index (χ0n) is 16.1. The van der Waals surface area contributed by atoms with Crippen molar-refractivity contribution >= 4 is 9.04 Å². The van der Waals surface area contributed by atoms with Crippen LogP contribution < -0.4 is 0 Å². The van der Waals surface area contributed by atoms with Crippen LogP contribution in [0.15, 0.2) is 18.2 Å². The van der Waals surface area contributed by atoms with Crippen LogP contribution in [0.3, 0.4) is 0 Å². The van der Waals surface area contributed by atoms with E-state index in [0.717, 1.165) is 6.61 Å². The van der Waals surface area contributed by atoms with Crippen LogP contribution in [0, 0.1) is 6.92 Å². The second-order valence-corrected chi connectivity index (χ2v) is 9.31. The fraction of sp³-hybridized carbons (Fsp3) is 0.714. The molecular formula is C21H37OSi. The van der Waals surface area contributed by atoms with E-state index < -0.39 is 0 Å². The molecule has 0 N–H and O–H groups in total. The maximum absolute atomic E-state index is 5.38. The van der Waals surface area contributed by atoms with Crippen LogP contribution in [0.4, 0.5) is 0 Å². The Labute approximate surface area is 146 Å². The van der Waals surface area contributed by atoms with Gasteiger partial charge in [-0.2, -0.15) is 0 Å². The highest BCUT2D eigenvalue weighted by Crippen LogP contribution is 2.24. The predicted octanol–water partition coefficient (Wildman–Crippen LogP) is 6.66. The number of unbranched alkanes of at least 4 members (excludes halogenated alkanes) is 3. The molecule has 0 amide bonds. The first-order chi connectivity index (χ1) is 11.1. The van der Waals surface area contributed by atoms with Gasteiger partial charge in [0.25, 0.3) is 0 Å². The zero-order valence-corrected chi connectivity index (χ0v) is 17.1. The summed E-state index contributed by atoms with van der Waals surface area (Å²) in [6, 6.07) is 8.11. The van der Waals surface area contributed by atoms with Crippen molar-refractivity contribution in [1.29, 1.82) is 0 Å². The van der Waals surface area contributed by atoms with Crippen molar-refractivity contribution < 1.29 is 4.43 Å². The van der Waals surface area contributed by atoms with E-state index in [2.05, 4.69) is 52.4 Å². The minimum Gasteiger partial charge on any atom is -0.417 e. The minimum absolute atomic E-state index is 0.293. The van der Waals surface area contributed by atoms with Gasteiger partial charge < -0.3 is 4.43 Å². The summed E-state index contributed by atoms with van der Waals surface area (Å²) in [7, 11) is -0.293. The molecule has 1 nitrogen and oxygen atoms in total. The van der Waals surface area contributed by atoms with Crippen LogP contribution in [0.25, 0.3) is 0 Å². The molecule has 1 radical (unpaired) electrons. The number of hydrogen-bond donors (Lipinski definition) is 0. The van der Waals surface area contributed by atoms with Crippen molar-refractivity contribution in [3.8, 4) is 0 Å². The third kappa shape index (κ3) is 8.17. The Bertz CT molecular complexity index is 422. The molecule has 0 aromatic heterocycles. The first-order valence-electron chi connectivity index (χ1n) is 9.59. The third-order valence-electron chi connectivity index (χ3n) is 4.62. The lowest BCUT2D eigenvalue weighted by Crippen LogP contribution is -2.18. The molecule has 1 aliphatic rings. The lowest BCUT2D eigenvalue weighted by atomic mass is 9.90. The first kappa shape index (κ1) is 20.4. The van der Waals surface area contributed by atoms with Gasteiger partial charge >= 0.3 is 0 Å². The molecule has 0 saturated carbocycles.